The number of carbonyl (C=O) groups excluding carboxylic acids is 3. The molecule has 0 saturated heterocycles. The van der Waals surface area contributed by atoms with Gasteiger partial charge in [-0.25, -0.2) is 0 Å². The maximum Gasteiger partial charge on any atom is 0.194 e. The van der Waals surface area contributed by atoms with E-state index in [1.54, 1.807) is 13.8 Å². The van der Waals surface area contributed by atoms with Gasteiger partial charge in [0.25, 0.3) is 0 Å². The Morgan fingerprint density at radius 3 is 2.51 bits per heavy atom. The summed E-state index contributed by atoms with van der Waals surface area (Å²) < 4.78 is 7.98. The molecule has 0 spiro atoms. The van der Waals surface area contributed by atoms with E-state index >= 15 is 0 Å². The molecule has 190 valence electrons. The molecule has 37 heavy (non-hydrogen) atoms. The first-order valence-corrected chi connectivity index (χ1v) is 12.1. The third-order valence-corrected chi connectivity index (χ3v) is 7.50. The number of nitrogens with zero attached hydrogens (tertiary/aromatic N) is 1. The number of hydrogen-bond acceptors (Lipinski definition) is 7. The predicted octanol–water partition coefficient (Wildman–Crippen LogP) is 4.12. The normalized spacial score (nSPS) is 19.9. The van der Waals surface area contributed by atoms with Crippen molar-refractivity contribution in [3.63, 3.8) is 0 Å². The summed E-state index contributed by atoms with van der Waals surface area (Å²) in [5.41, 5.74) is 1.08. The number of hydrogen-bond donors (Lipinski definition) is 3. The van der Waals surface area contributed by atoms with E-state index in [-0.39, 0.29) is 39.5 Å². The highest BCUT2D eigenvalue weighted by Crippen LogP contribution is 2.57. The second-order valence-electron chi connectivity index (χ2n) is 9.81. The molecule has 0 saturated carbocycles. The minimum absolute atomic E-state index is 0.0197. The Hall–Kier alpha value is -4.33. The van der Waals surface area contributed by atoms with Gasteiger partial charge in [0.05, 0.1) is 11.1 Å². The maximum absolute atomic E-state index is 13.9. The summed E-state index contributed by atoms with van der Waals surface area (Å²) in [5, 5.41) is 25.8. The third-order valence-electron chi connectivity index (χ3n) is 7.50. The fourth-order valence-corrected chi connectivity index (χ4v) is 5.45. The zero-order valence-corrected chi connectivity index (χ0v) is 21.4. The van der Waals surface area contributed by atoms with E-state index in [1.165, 1.54) is 19.9 Å². The Kier molecular flexibility index (Phi) is 5.51. The lowest BCUT2D eigenvalue weighted by Gasteiger charge is -2.29. The first-order valence-electron chi connectivity index (χ1n) is 12.1. The van der Waals surface area contributed by atoms with Crippen molar-refractivity contribution in [1.29, 1.82) is 0 Å². The molecule has 8 heteroatoms. The van der Waals surface area contributed by atoms with Gasteiger partial charge in [-0.1, -0.05) is 18.2 Å². The largest absolute Gasteiger partial charge is 0.507 e. The highest BCUT2D eigenvalue weighted by molar-refractivity contribution is 6.31. The van der Waals surface area contributed by atoms with Crippen LogP contribution in [0, 0.1) is 13.8 Å². The molecule has 2 aliphatic rings. The van der Waals surface area contributed by atoms with Gasteiger partial charge in [-0.3, -0.25) is 14.4 Å². The summed E-state index contributed by atoms with van der Waals surface area (Å²) in [4.78, 5) is 39.3. The molecule has 3 N–H and O–H groups in total. The third kappa shape index (κ3) is 3.39. The molecular weight excluding hydrogens is 472 g/mol. The van der Waals surface area contributed by atoms with Crippen molar-refractivity contribution >= 4 is 28.3 Å². The van der Waals surface area contributed by atoms with Crippen LogP contribution in [0.2, 0.25) is 0 Å². The second-order valence-corrected chi connectivity index (χ2v) is 9.81. The molecule has 2 heterocycles. The van der Waals surface area contributed by atoms with Crippen LogP contribution in [-0.2, 0) is 21.5 Å². The standard InChI is InChI=1S/C29H28N2O6/c1-14-12-18-8-6-7-9-19(18)31(14)11-10-30-16(3)22-20(33)13-21-29(5,28(22)36)24-26(35)15(2)25(34)23(17(4)32)27(24)37-21/h6-9,12-13,30,34-35H,10-11H2,1-5H3/b22-16+/t29-/m0/s1. The number of phenolic OH excluding ortho intramolecular Hbond substituents is 2. The number of aromatic hydroxyl groups is 2. The van der Waals surface area contributed by atoms with Gasteiger partial charge in [-0.05, 0) is 52.1 Å². The van der Waals surface area contributed by atoms with Crippen molar-refractivity contribution in [2.75, 3.05) is 6.54 Å². The van der Waals surface area contributed by atoms with Crippen LogP contribution in [0.3, 0.4) is 0 Å². The van der Waals surface area contributed by atoms with Gasteiger partial charge in [-0.15, -0.1) is 0 Å². The van der Waals surface area contributed by atoms with Gasteiger partial charge >= 0.3 is 0 Å². The quantitative estimate of drug-likeness (QED) is 0.274. The lowest BCUT2D eigenvalue weighted by atomic mass is 9.70. The zero-order valence-electron chi connectivity index (χ0n) is 21.4. The molecular formula is C29H28N2O6. The first kappa shape index (κ1) is 24.4. The Morgan fingerprint density at radius 2 is 1.81 bits per heavy atom. The van der Waals surface area contributed by atoms with Crippen LogP contribution in [-0.4, -0.2) is 38.7 Å². The van der Waals surface area contributed by atoms with Crippen LogP contribution in [0.5, 0.6) is 17.2 Å². The summed E-state index contributed by atoms with van der Waals surface area (Å²) in [7, 11) is 0. The summed E-state index contributed by atoms with van der Waals surface area (Å²) in [6, 6.07) is 10.2. The van der Waals surface area contributed by atoms with E-state index in [0.29, 0.717) is 18.8 Å². The molecule has 0 radical (unpaired) electrons. The minimum atomic E-state index is -1.53. The van der Waals surface area contributed by atoms with E-state index in [2.05, 4.69) is 22.0 Å². The van der Waals surface area contributed by atoms with Crippen LogP contribution in [0.25, 0.3) is 10.9 Å². The molecule has 1 aromatic heterocycles. The van der Waals surface area contributed by atoms with E-state index < -0.39 is 28.5 Å². The summed E-state index contributed by atoms with van der Waals surface area (Å²) >= 11 is 0. The molecule has 1 atom stereocenters. The number of aryl methyl sites for hydroxylation is 1. The number of ketones is 3. The van der Waals surface area contributed by atoms with E-state index in [9.17, 15) is 24.6 Å². The molecule has 5 rings (SSSR count). The number of rotatable bonds is 5. The number of benzene rings is 2. The molecule has 0 bridgehead atoms. The number of carbonyl (C=O) groups is 3. The monoisotopic (exact) mass is 500 g/mol. The topological polar surface area (TPSA) is 118 Å². The van der Waals surface area contributed by atoms with Gasteiger partial charge in [0.15, 0.2) is 17.3 Å². The van der Waals surface area contributed by atoms with Crippen molar-refractivity contribution in [1.82, 2.24) is 9.88 Å². The number of fused-ring (bicyclic) bond motifs is 4. The number of ether oxygens (including phenoxy) is 1. The zero-order chi connectivity index (χ0) is 26.8. The molecule has 3 aromatic rings. The highest BCUT2D eigenvalue weighted by Gasteiger charge is 2.56. The van der Waals surface area contributed by atoms with Gasteiger partial charge in [0.2, 0.25) is 0 Å². The minimum Gasteiger partial charge on any atom is -0.507 e. The highest BCUT2D eigenvalue weighted by atomic mass is 16.5. The van der Waals surface area contributed by atoms with Gasteiger partial charge in [0.1, 0.15) is 34.0 Å². The summed E-state index contributed by atoms with van der Waals surface area (Å²) in [6.45, 7) is 9.08. The van der Waals surface area contributed by atoms with Crippen LogP contribution < -0.4 is 10.1 Å². The van der Waals surface area contributed by atoms with Crippen molar-refractivity contribution < 1.29 is 29.3 Å². The Bertz CT molecular complexity index is 1610. The van der Waals surface area contributed by atoms with Gasteiger partial charge in [-0.2, -0.15) is 0 Å². The first-order chi connectivity index (χ1) is 17.5. The Balaban J connectivity index is 1.51. The predicted molar refractivity (Wildman–Crippen MR) is 138 cm³/mol. The smallest absolute Gasteiger partial charge is 0.194 e. The molecule has 8 nitrogen and oxygen atoms in total. The van der Waals surface area contributed by atoms with Gasteiger partial charge < -0.3 is 24.8 Å². The molecule has 0 fully saturated rings. The second kappa shape index (κ2) is 8.37. The Morgan fingerprint density at radius 1 is 1.11 bits per heavy atom. The lowest BCUT2D eigenvalue weighted by Crippen LogP contribution is -2.41. The molecule has 0 amide bonds. The molecule has 2 aromatic carbocycles. The van der Waals surface area contributed by atoms with Gasteiger partial charge in [0, 0.05) is 41.6 Å². The lowest BCUT2D eigenvalue weighted by molar-refractivity contribution is -0.123. The van der Waals surface area contributed by atoms with Crippen LogP contribution in [0.1, 0.15) is 48.0 Å². The molecule has 1 aliphatic carbocycles. The summed E-state index contributed by atoms with van der Waals surface area (Å²) in [5.74, 6) is -2.38. The number of aromatic nitrogens is 1. The van der Waals surface area contributed by atoms with E-state index in [0.717, 1.165) is 16.6 Å². The average molecular weight is 501 g/mol. The van der Waals surface area contributed by atoms with Crippen LogP contribution in [0.15, 0.2) is 53.4 Å². The Labute approximate surface area is 213 Å². The number of Topliss-reactive ketones (excluding diaryl/α,β-unsaturated/α-hetero) is 2. The average Bonchev–Trinajstić information content (AvgIpc) is 3.31. The number of allylic oxidation sites excluding steroid dienone is 4. The fraction of sp³-hybridized carbons (Fsp3) is 0.276. The molecule has 1 aliphatic heterocycles. The van der Waals surface area contributed by atoms with Crippen LogP contribution >= 0.6 is 0 Å². The summed E-state index contributed by atoms with van der Waals surface area (Å²) in [6.07, 6.45) is 1.22. The maximum atomic E-state index is 13.9. The SMILES string of the molecule is CC(=O)c1c(O)c(C)c(O)c2c1OC1=CC(=O)/C(=C(/C)NCCn3c(C)cc4ccccc43)C(=O)[C@@]12C. The van der Waals surface area contributed by atoms with E-state index in [4.69, 9.17) is 4.74 Å². The van der Waals surface area contributed by atoms with E-state index in [1.807, 2.05) is 25.1 Å². The van der Waals surface area contributed by atoms with Crippen molar-refractivity contribution in [3.05, 3.63) is 75.8 Å². The van der Waals surface area contributed by atoms with Crippen molar-refractivity contribution in [2.24, 2.45) is 0 Å². The number of para-hydroxylation sites is 1. The van der Waals surface area contributed by atoms with Crippen molar-refractivity contribution in [3.8, 4) is 17.2 Å². The number of phenols is 2. The van der Waals surface area contributed by atoms with Crippen LogP contribution in [0.4, 0.5) is 0 Å². The fourth-order valence-electron chi connectivity index (χ4n) is 5.45. The number of nitrogens with one attached hydrogen (secondary N) is 1. The van der Waals surface area contributed by atoms with Crippen molar-refractivity contribution in [2.45, 2.75) is 46.6 Å². The molecule has 0 unspecified atom stereocenters.